The summed E-state index contributed by atoms with van der Waals surface area (Å²) < 4.78 is 0. The predicted molar refractivity (Wildman–Crippen MR) is 198 cm³/mol. The lowest BCUT2D eigenvalue weighted by atomic mass is 9.80. The van der Waals surface area contributed by atoms with Crippen molar-refractivity contribution in [2.24, 2.45) is 34.0 Å². The first-order valence-corrected chi connectivity index (χ1v) is 18.7. The van der Waals surface area contributed by atoms with Crippen molar-refractivity contribution in [1.82, 2.24) is 31.1 Å². The van der Waals surface area contributed by atoms with Crippen LogP contribution in [0.25, 0.3) is 0 Å². The van der Waals surface area contributed by atoms with E-state index in [1.165, 1.54) is 6.08 Å². The van der Waals surface area contributed by atoms with Gasteiger partial charge in [0.05, 0.1) is 12.1 Å². The van der Waals surface area contributed by atoms with E-state index >= 15 is 0 Å². The summed E-state index contributed by atoms with van der Waals surface area (Å²) in [6.45, 7) is 20.5. The summed E-state index contributed by atoms with van der Waals surface area (Å²) in [5.74, 6) is -2.22. The van der Waals surface area contributed by atoms with Crippen molar-refractivity contribution in [1.29, 1.82) is 0 Å². The van der Waals surface area contributed by atoms with E-state index in [0.717, 1.165) is 24.8 Å². The number of nitrogens with one attached hydrogen (secondary N) is 4. The van der Waals surface area contributed by atoms with Gasteiger partial charge in [-0.2, -0.15) is 0 Å². The van der Waals surface area contributed by atoms with Gasteiger partial charge < -0.3 is 31.1 Å². The fourth-order valence-electron chi connectivity index (χ4n) is 8.14. The van der Waals surface area contributed by atoms with Crippen molar-refractivity contribution in [3.05, 3.63) is 48.0 Å². The van der Waals surface area contributed by atoms with Gasteiger partial charge in [-0.05, 0) is 52.0 Å². The van der Waals surface area contributed by atoms with Gasteiger partial charge in [0.25, 0.3) is 11.8 Å². The molecule has 1 unspecified atom stereocenters. The Morgan fingerprint density at radius 2 is 1.65 bits per heavy atom. The van der Waals surface area contributed by atoms with Crippen LogP contribution in [0.4, 0.5) is 4.79 Å². The number of fused-ring (bicyclic) bond motifs is 2. The second kappa shape index (κ2) is 14.7. The average Bonchev–Trinajstić information content (AvgIpc) is 3.33. The number of amides is 6. The summed E-state index contributed by atoms with van der Waals surface area (Å²) in [5, 5.41) is 11.4. The van der Waals surface area contributed by atoms with Gasteiger partial charge in [0, 0.05) is 31.7 Å². The van der Waals surface area contributed by atoms with E-state index in [-0.39, 0.29) is 48.1 Å². The Hall–Kier alpha value is -4.22. The molecule has 284 valence electrons. The third-order valence-corrected chi connectivity index (χ3v) is 11.9. The Morgan fingerprint density at radius 1 is 0.981 bits per heavy atom. The maximum atomic E-state index is 14.5. The SMILES string of the molecule is C=CCNC(=O)C(=O)C(CC1CCC1)NC(=O)[C@@H]1[C@@H]2[C@H](CN1C(=O)[C@@H](NC(=O)N[C@H](CN1Cc3ccccc3C1=O)C(C)(C)C)C(C)(C)C)C2(C)C. The molecule has 4 aliphatic rings. The van der Waals surface area contributed by atoms with E-state index in [9.17, 15) is 28.8 Å². The number of carbonyl (C=O) groups excluding carboxylic acids is 6. The average molecular weight is 719 g/mol. The van der Waals surface area contributed by atoms with Gasteiger partial charge >= 0.3 is 6.03 Å². The zero-order valence-electron chi connectivity index (χ0n) is 32.1. The van der Waals surface area contributed by atoms with Crippen LogP contribution in [0.2, 0.25) is 0 Å². The molecule has 4 N–H and O–H groups in total. The molecule has 52 heavy (non-hydrogen) atoms. The van der Waals surface area contributed by atoms with Gasteiger partial charge in [0.15, 0.2) is 0 Å². The van der Waals surface area contributed by atoms with Crippen LogP contribution < -0.4 is 21.3 Å². The maximum Gasteiger partial charge on any atom is 0.315 e. The first-order chi connectivity index (χ1) is 24.2. The van der Waals surface area contributed by atoms with Crippen LogP contribution in [0, 0.1) is 34.0 Å². The van der Waals surface area contributed by atoms with Gasteiger partial charge in [0.1, 0.15) is 12.1 Å². The molecule has 0 spiro atoms. The number of hydrogen-bond donors (Lipinski definition) is 4. The number of benzene rings is 1. The summed E-state index contributed by atoms with van der Waals surface area (Å²) in [7, 11) is 0. The Balaban J connectivity index is 1.31. The molecule has 0 radical (unpaired) electrons. The van der Waals surface area contributed by atoms with Crippen molar-refractivity contribution in [3.63, 3.8) is 0 Å². The molecule has 5 rings (SSSR count). The number of piperidine rings is 1. The quantitative estimate of drug-likeness (QED) is 0.180. The van der Waals surface area contributed by atoms with Crippen LogP contribution in [0.3, 0.4) is 0 Å². The smallest absolute Gasteiger partial charge is 0.315 e. The number of nitrogens with zero attached hydrogens (tertiary/aromatic N) is 2. The lowest BCUT2D eigenvalue weighted by Gasteiger charge is -2.39. The van der Waals surface area contributed by atoms with Crippen LogP contribution in [-0.4, -0.2) is 89.0 Å². The first-order valence-electron chi connectivity index (χ1n) is 18.7. The molecule has 3 fully saturated rings. The van der Waals surface area contributed by atoms with Crippen molar-refractivity contribution >= 4 is 35.4 Å². The molecule has 1 saturated heterocycles. The van der Waals surface area contributed by atoms with Gasteiger partial charge in [-0.15, -0.1) is 6.58 Å². The number of carbonyl (C=O) groups is 6. The molecule has 12 heteroatoms. The third kappa shape index (κ3) is 8.05. The van der Waals surface area contributed by atoms with Crippen LogP contribution >= 0.6 is 0 Å². The topological polar surface area (TPSA) is 157 Å². The zero-order valence-corrected chi connectivity index (χ0v) is 32.1. The van der Waals surface area contributed by atoms with E-state index < -0.39 is 58.6 Å². The minimum absolute atomic E-state index is 0.0747. The van der Waals surface area contributed by atoms with Crippen molar-refractivity contribution < 1.29 is 28.8 Å². The minimum Gasteiger partial charge on any atom is -0.346 e. The van der Waals surface area contributed by atoms with E-state index in [1.54, 1.807) is 9.80 Å². The Morgan fingerprint density at radius 3 is 2.23 bits per heavy atom. The number of likely N-dealkylation sites (tertiary alicyclic amines) is 1. The molecule has 0 bridgehead atoms. The Kier molecular flexibility index (Phi) is 11.0. The van der Waals surface area contributed by atoms with E-state index in [0.29, 0.717) is 25.1 Å². The highest BCUT2D eigenvalue weighted by Crippen LogP contribution is 2.65. The van der Waals surface area contributed by atoms with Gasteiger partial charge in [-0.1, -0.05) is 98.9 Å². The van der Waals surface area contributed by atoms with E-state index in [1.807, 2.05) is 65.8 Å². The van der Waals surface area contributed by atoms with Crippen LogP contribution in [-0.2, 0) is 25.7 Å². The maximum absolute atomic E-state index is 14.5. The predicted octanol–water partition coefficient (Wildman–Crippen LogP) is 3.80. The highest BCUT2D eigenvalue weighted by Gasteiger charge is 2.70. The molecular weight excluding hydrogens is 660 g/mol. The molecule has 6 atom stereocenters. The monoisotopic (exact) mass is 718 g/mol. The number of rotatable bonds is 13. The molecule has 1 aromatic carbocycles. The molecule has 2 heterocycles. The number of Topliss-reactive ketones (excluding diaryl/α,β-unsaturated/α-hetero) is 1. The van der Waals surface area contributed by atoms with Gasteiger partial charge in [0.2, 0.25) is 17.6 Å². The molecule has 2 aliphatic carbocycles. The molecule has 0 aromatic heterocycles. The standard InChI is InChI=1S/C40H58N6O6/c1-10-18-41-34(49)31(47)27(19-23-14-13-15-23)42-33(48)30-29-26(40(29,8)9)21-46(30)36(51)32(39(5,6)7)44-37(52)43-28(38(2,3)4)22-45-20-24-16-11-12-17-25(24)35(45)50/h10-12,16-17,23,26-30,32H,1,13-15,18-22H2,2-9H3,(H,41,49)(H,42,48)(H2,43,44,52)/t26-,27?,28+,29-,30-,32+/m0/s1. The second-order valence-corrected chi connectivity index (χ2v) is 18.0. The lowest BCUT2D eigenvalue weighted by molar-refractivity contribution is -0.145. The van der Waals surface area contributed by atoms with Crippen molar-refractivity contribution in [3.8, 4) is 0 Å². The van der Waals surface area contributed by atoms with Gasteiger partial charge in [-0.3, -0.25) is 24.0 Å². The summed E-state index contributed by atoms with van der Waals surface area (Å²) in [4.78, 5) is 85.0. The fourth-order valence-corrected chi connectivity index (χ4v) is 8.14. The zero-order chi connectivity index (χ0) is 38.3. The lowest BCUT2D eigenvalue weighted by Crippen LogP contribution is -2.62. The molecule has 12 nitrogen and oxygen atoms in total. The summed E-state index contributed by atoms with van der Waals surface area (Å²) in [5.41, 5.74) is 0.269. The van der Waals surface area contributed by atoms with Crippen LogP contribution in [0.1, 0.15) is 97.0 Å². The van der Waals surface area contributed by atoms with Crippen molar-refractivity contribution in [2.75, 3.05) is 19.6 Å². The molecule has 2 saturated carbocycles. The number of urea groups is 1. The van der Waals surface area contributed by atoms with Crippen molar-refractivity contribution in [2.45, 2.75) is 112 Å². The number of ketones is 1. The summed E-state index contributed by atoms with van der Waals surface area (Å²) >= 11 is 0. The summed E-state index contributed by atoms with van der Waals surface area (Å²) in [6.07, 6.45) is 4.75. The van der Waals surface area contributed by atoms with Crippen LogP contribution in [0.5, 0.6) is 0 Å². The number of hydrogen-bond acceptors (Lipinski definition) is 6. The fraction of sp³-hybridized carbons (Fsp3) is 0.650. The van der Waals surface area contributed by atoms with E-state index in [2.05, 4.69) is 41.7 Å². The largest absolute Gasteiger partial charge is 0.346 e. The summed E-state index contributed by atoms with van der Waals surface area (Å²) in [6, 6.07) is 3.66. The minimum atomic E-state index is -1.01. The Bertz CT molecular complexity index is 1600. The Labute approximate surface area is 308 Å². The highest BCUT2D eigenvalue weighted by atomic mass is 16.2. The third-order valence-electron chi connectivity index (χ3n) is 11.9. The highest BCUT2D eigenvalue weighted by molar-refractivity contribution is 6.38. The molecule has 2 aliphatic heterocycles. The van der Waals surface area contributed by atoms with Gasteiger partial charge in [-0.25, -0.2) is 4.79 Å². The molecular formula is C40H58N6O6. The normalized spacial score (nSPS) is 23.7. The first kappa shape index (κ1) is 39.0. The molecule has 6 amide bonds. The second-order valence-electron chi connectivity index (χ2n) is 18.0. The molecule has 1 aromatic rings. The van der Waals surface area contributed by atoms with Crippen LogP contribution in [0.15, 0.2) is 36.9 Å². The van der Waals surface area contributed by atoms with E-state index in [4.69, 9.17) is 0 Å².